The van der Waals surface area contributed by atoms with Gasteiger partial charge in [-0.05, 0) is 31.0 Å². The van der Waals surface area contributed by atoms with E-state index in [0.29, 0.717) is 9.90 Å². The molecule has 0 saturated carbocycles. The molecule has 2 rings (SSSR count). The van der Waals surface area contributed by atoms with Crippen molar-refractivity contribution in [2.75, 3.05) is 0 Å². The predicted molar refractivity (Wildman–Crippen MR) is 91.9 cm³/mol. The molecule has 6 heteroatoms. The van der Waals surface area contributed by atoms with Crippen molar-refractivity contribution >= 4 is 34.8 Å². The maximum atomic E-state index is 12.6. The largest absolute Gasteiger partial charge is 0.479 e. The normalized spacial score (nSPS) is 14.7. The average molecular weight is 352 g/mol. The first-order valence-electron chi connectivity index (χ1n) is 7.27. The van der Waals surface area contributed by atoms with Gasteiger partial charge in [-0.15, -0.1) is 11.3 Å². The molecule has 122 valence electrons. The fraction of sp³-hybridized carbons (Fsp3) is 0.294. The number of amides is 1. The van der Waals surface area contributed by atoms with Gasteiger partial charge in [0.2, 0.25) is 5.91 Å². The molecule has 2 atom stereocenters. The monoisotopic (exact) mass is 351 g/mol. The van der Waals surface area contributed by atoms with Crippen molar-refractivity contribution < 1.29 is 14.7 Å². The summed E-state index contributed by atoms with van der Waals surface area (Å²) in [5, 5.41) is 12.5. The van der Waals surface area contributed by atoms with E-state index < -0.39 is 17.4 Å². The van der Waals surface area contributed by atoms with E-state index in [1.54, 1.807) is 50.2 Å². The van der Waals surface area contributed by atoms with Gasteiger partial charge in [-0.2, -0.15) is 0 Å². The molecule has 0 aliphatic rings. The summed E-state index contributed by atoms with van der Waals surface area (Å²) >= 11 is 7.23. The second-order valence-electron chi connectivity index (χ2n) is 5.28. The topological polar surface area (TPSA) is 66.4 Å². The summed E-state index contributed by atoms with van der Waals surface area (Å²) in [7, 11) is 0. The summed E-state index contributed by atoms with van der Waals surface area (Å²) in [5.74, 6) is -1.88. The van der Waals surface area contributed by atoms with Crippen molar-refractivity contribution in [1.82, 2.24) is 5.32 Å². The number of carboxylic acid groups (broad SMARTS) is 1. The van der Waals surface area contributed by atoms with Gasteiger partial charge in [0, 0.05) is 4.88 Å². The maximum Gasteiger partial charge on any atom is 0.334 e. The van der Waals surface area contributed by atoms with Gasteiger partial charge in [-0.1, -0.05) is 48.9 Å². The number of benzene rings is 1. The zero-order valence-corrected chi connectivity index (χ0v) is 14.4. The fourth-order valence-corrected chi connectivity index (χ4v) is 3.54. The highest BCUT2D eigenvalue weighted by Crippen LogP contribution is 2.31. The molecule has 0 bridgehead atoms. The molecule has 1 heterocycles. The highest BCUT2D eigenvalue weighted by Gasteiger charge is 2.41. The van der Waals surface area contributed by atoms with Gasteiger partial charge < -0.3 is 10.4 Å². The molecule has 0 saturated heterocycles. The maximum absolute atomic E-state index is 12.6. The Bertz CT molecular complexity index is 701. The van der Waals surface area contributed by atoms with Crippen molar-refractivity contribution in [3.05, 3.63) is 57.2 Å². The van der Waals surface area contributed by atoms with E-state index in [2.05, 4.69) is 5.32 Å². The van der Waals surface area contributed by atoms with Gasteiger partial charge >= 0.3 is 5.97 Å². The first-order chi connectivity index (χ1) is 10.9. The van der Waals surface area contributed by atoms with Crippen LogP contribution in [-0.4, -0.2) is 17.0 Å². The SMILES string of the molecule is CCC(NC(=O)C(C)c1ccc(Cl)s1)(C(=O)O)c1ccccc1. The molecular formula is C17H18ClNO3S. The van der Waals surface area contributed by atoms with Crippen molar-refractivity contribution in [1.29, 1.82) is 0 Å². The van der Waals surface area contributed by atoms with Crippen LogP contribution in [0.2, 0.25) is 4.34 Å². The lowest BCUT2D eigenvalue weighted by atomic mass is 9.86. The van der Waals surface area contributed by atoms with Crippen LogP contribution < -0.4 is 5.32 Å². The van der Waals surface area contributed by atoms with Gasteiger partial charge in [-0.25, -0.2) is 4.79 Å². The van der Waals surface area contributed by atoms with Crippen LogP contribution in [0.25, 0.3) is 0 Å². The Morgan fingerprint density at radius 3 is 2.39 bits per heavy atom. The van der Waals surface area contributed by atoms with Crippen molar-refractivity contribution in [2.24, 2.45) is 0 Å². The second-order valence-corrected chi connectivity index (χ2v) is 7.03. The van der Waals surface area contributed by atoms with Gasteiger partial charge in [0.1, 0.15) is 0 Å². The van der Waals surface area contributed by atoms with Gasteiger partial charge in [0.15, 0.2) is 5.54 Å². The van der Waals surface area contributed by atoms with Crippen LogP contribution in [-0.2, 0) is 15.1 Å². The van der Waals surface area contributed by atoms with Crippen LogP contribution in [0.4, 0.5) is 0 Å². The van der Waals surface area contributed by atoms with Crippen LogP contribution in [0, 0.1) is 0 Å². The number of carbonyl (C=O) groups excluding carboxylic acids is 1. The van der Waals surface area contributed by atoms with E-state index in [4.69, 9.17) is 11.6 Å². The number of carboxylic acids is 1. The van der Waals surface area contributed by atoms with E-state index >= 15 is 0 Å². The summed E-state index contributed by atoms with van der Waals surface area (Å²) in [6, 6.07) is 12.3. The molecule has 1 amide bonds. The molecule has 2 N–H and O–H groups in total. The van der Waals surface area contributed by atoms with E-state index in [-0.39, 0.29) is 12.3 Å². The summed E-state index contributed by atoms with van der Waals surface area (Å²) in [6.45, 7) is 3.48. The molecule has 0 aliphatic heterocycles. The Morgan fingerprint density at radius 2 is 1.91 bits per heavy atom. The lowest BCUT2D eigenvalue weighted by Crippen LogP contribution is -2.52. The Morgan fingerprint density at radius 1 is 1.26 bits per heavy atom. The predicted octanol–water partition coefficient (Wildman–Crippen LogP) is 4.01. The number of halogens is 1. The van der Waals surface area contributed by atoms with E-state index in [9.17, 15) is 14.7 Å². The van der Waals surface area contributed by atoms with Crippen molar-refractivity contribution in [2.45, 2.75) is 31.7 Å². The quantitative estimate of drug-likeness (QED) is 0.826. The molecule has 0 fully saturated rings. The molecule has 2 unspecified atom stereocenters. The number of aliphatic carboxylic acids is 1. The second kappa shape index (κ2) is 7.15. The van der Waals surface area contributed by atoms with E-state index in [1.807, 2.05) is 6.07 Å². The Balaban J connectivity index is 2.31. The molecule has 0 spiro atoms. The number of hydrogen-bond acceptors (Lipinski definition) is 3. The first-order valence-corrected chi connectivity index (χ1v) is 8.46. The molecule has 0 radical (unpaired) electrons. The number of nitrogens with one attached hydrogen (secondary N) is 1. The standard InChI is InChI=1S/C17H18ClNO3S/c1-3-17(16(21)22,12-7-5-4-6-8-12)19-15(20)11(2)13-9-10-14(18)23-13/h4-11H,3H2,1-2H3,(H,19,20)(H,21,22). The van der Waals surface area contributed by atoms with Crippen LogP contribution in [0.1, 0.15) is 36.6 Å². The summed E-state index contributed by atoms with van der Waals surface area (Å²) < 4.78 is 0.600. The van der Waals surface area contributed by atoms with Crippen LogP contribution in [0.3, 0.4) is 0 Å². The van der Waals surface area contributed by atoms with Crippen molar-refractivity contribution in [3.63, 3.8) is 0 Å². The summed E-state index contributed by atoms with van der Waals surface area (Å²) in [6.07, 6.45) is 0.246. The van der Waals surface area contributed by atoms with E-state index in [0.717, 1.165) is 4.88 Å². The molecule has 0 aliphatic carbocycles. The highest BCUT2D eigenvalue weighted by molar-refractivity contribution is 7.16. The lowest BCUT2D eigenvalue weighted by Gasteiger charge is -2.31. The van der Waals surface area contributed by atoms with E-state index in [1.165, 1.54) is 11.3 Å². The molecule has 1 aromatic heterocycles. The fourth-order valence-electron chi connectivity index (χ4n) is 2.42. The molecule has 4 nitrogen and oxygen atoms in total. The van der Waals surface area contributed by atoms with Crippen LogP contribution in [0.5, 0.6) is 0 Å². The summed E-state index contributed by atoms with van der Waals surface area (Å²) in [5.41, 5.74) is -0.882. The zero-order valence-electron chi connectivity index (χ0n) is 12.9. The van der Waals surface area contributed by atoms with Crippen LogP contribution >= 0.6 is 22.9 Å². The molecule has 23 heavy (non-hydrogen) atoms. The lowest BCUT2D eigenvalue weighted by molar-refractivity contribution is -0.148. The number of rotatable bonds is 6. The van der Waals surface area contributed by atoms with Gasteiger partial charge in [0.05, 0.1) is 10.3 Å². The number of thiophene rings is 1. The smallest absolute Gasteiger partial charge is 0.334 e. The van der Waals surface area contributed by atoms with Crippen LogP contribution in [0.15, 0.2) is 42.5 Å². The Labute approximate surface area is 144 Å². The molecule has 2 aromatic rings. The summed E-state index contributed by atoms with van der Waals surface area (Å²) in [4.78, 5) is 25.3. The Kier molecular flexibility index (Phi) is 5.44. The molecular weight excluding hydrogens is 334 g/mol. The minimum absolute atomic E-state index is 0.246. The average Bonchev–Trinajstić information content (AvgIpc) is 2.98. The number of hydrogen-bond donors (Lipinski definition) is 2. The first kappa shape index (κ1) is 17.5. The van der Waals surface area contributed by atoms with Gasteiger partial charge in [0.25, 0.3) is 0 Å². The van der Waals surface area contributed by atoms with Crippen molar-refractivity contribution in [3.8, 4) is 0 Å². The third-order valence-corrected chi connectivity index (χ3v) is 5.33. The molecule has 1 aromatic carbocycles. The Hall–Kier alpha value is -1.85. The highest BCUT2D eigenvalue weighted by atomic mass is 35.5. The zero-order chi connectivity index (χ0) is 17.0. The minimum atomic E-state index is -1.44. The minimum Gasteiger partial charge on any atom is -0.479 e. The van der Waals surface area contributed by atoms with Gasteiger partial charge in [-0.3, -0.25) is 4.79 Å². The third kappa shape index (κ3) is 3.57. The number of carbonyl (C=O) groups is 2. The third-order valence-electron chi connectivity index (χ3n) is 3.91.